The topological polar surface area (TPSA) is 102 Å². The van der Waals surface area contributed by atoms with Gasteiger partial charge >= 0.3 is 13.8 Å². The van der Waals surface area contributed by atoms with Crippen LogP contribution in [0.3, 0.4) is 0 Å². The monoisotopic (exact) mass is 424 g/mol. The van der Waals surface area contributed by atoms with E-state index in [1.807, 2.05) is 0 Å². The van der Waals surface area contributed by atoms with Crippen LogP contribution in [0.5, 0.6) is 0 Å². The number of hydrogen-bond donors (Lipinski definition) is 2. The Bertz CT molecular complexity index is 417. The predicted molar refractivity (Wildman–Crippen MR) is 110 cm³/mol. The third-order valence-electron chi connectivity index (χ3n) is 4.43. The van der Waals surface area contributed by atoms with Crippen LogP contribution in [0.2, 0.25) is 0 Å². The first-order valence-corrected chi connectivity index (χ1v) is 12.4. The molecule has 0 saturated carbocycles. The molecule has 0 saturated heterocycles. The Morgan fingerprint density at radius 3 is 2.07 bits per heavy atom. The lowest BCUT2D eigenvalue weighted by molar-refractivity contribution is -0.151. The second-order valence-electron chi connectivity index (χ2n) is 7.15. The number of esters is 1. The smallest absolute Gasteiger partial charge is 0.460 e. The van der Waals surface area contributed by atoms with Gasteiger partial charge in [-0.05, 0) is 19.3 Å². The molecule has 0 aliphatic heterocycles. The molecule has 0 radical (unpaired) electrons. The van der Waals surface area contributed by atoms with E-state index in [1.165, 1.54) is 25.7 Å². The second kappa shape index (κ2) is 18.6. The summed E-state index contributed by atoms with van der Waals surface area (Å²) >= 11 is 0. The van der Waals surface area contributed by atoms with Gasteiger partial charge in [-0.1, -0.05) is 71.6 Å². The zero-order chi connectivity index (χ0) is 21.1. The Morgan fingerprint density at radius 2 is 1.46 bits per heavy atom. The highest BCUT2D eigenvalue weighted by Crippen LogP contribution is 2.43. The van der Waals surface area contributed by atoms with Gasteiger partial charge in [0.2, 0.25) is 0 Å². The summed E-state index contributed by atoms with van der Waals surface area (Å²) in [6, 6.07) is 0. The van der Waals surface area contributed by atoms with E-state index in [-0.39, 0.29) is 25.8 Å². The molecule has 7 nitrogen and oxygen atoms in total. The maximum absolute atomic E-state index is 12.1. The van der Waals surface area contributed by atoms with Gasteiger partial charge in [-0.3, -0.25) is 13.8 Å². The zero-order valence-corrected chi connectivity index (χ0v) is 18.7. The molecule has 0 fully saturated rings. The van der Waals surface area contributed by atoms with Gasteiger partial charge in [0.25, 0.3) is 0 Å². The molecule has 0 aliphatic rings. The highest BCUT2D eigenvalue weighted by molar-refractivity contribution is 7.47. The first-order valence-electron chi connectivity index (χ1n) is 10.9. The minimum absolute atomic E-state index is 0.186. The molecule has 1 unspecified atom stereocenters. The van der Waals surface area contributed by atoms with Crippen molar-refractivity contribution in [3.63, 3.8) is 0 Å². The standard InChI is InChI=1S/C20H41O7P/c1-3-5-7-9-10-11-13-15-20(22)27-19(14-12-8-6-4-2)18-26-28(23,24)25-17-16-21/h19,21H,3-18H2,1-2H3,(H,23,24)/t19-/m0/s1. The molecule has 168 valence electrons. The molecule has 0 rings (SSSR count). The molecule has 0 amide bonds. The summed E-state index contributed by atoms with van der Waals surface area (Å²) < 4.78 is 26.7. The van der Waals surface area contributed by atoms with Crippen molar-refractivity contribution in [2.75, 3.05) is 19.8 Å². The van der Waals surface area contributed by atoms with Crippen LogP contribution in [-0.4, -0.2) is 41.9 Å². The number of unbranched alkanes of at least 4 members (excludes halogenated alkanes) is 9. The Morgan fingerprint density at radius 1 is 0.893 bits per heavy atom. The van der Waals surface area contributed by atoms with Crippen molar-refractivity contribution in [3.05, 3.63) is 0 Å². The van der Waals surface area contributed by atoms with E-state index < -0.39 is 13.9 Å². The quantitative estimate of drug-likeness (QED) is 0.159. The number of hydrogen-bond acceptors (Lipinski definition) is 6. The average Bonchev–Trinajstić information content (AvgIpc) is 2.67. The third-order valence-corrected chi connectivity index (χ3v) is 5.42. The molecule has 0 spiro atoms. The molecular weight excluding hydrogens is 383 g/mol. The fourth-order valence-electron chi connectivity index (χ4n) is 2.82. The van der Waals surface area contributed by atoms with E-state index in [1.54, 1.807) is 0 Å². The van der Waals surface area contributed by atoms with Crippen molar-refractivity contribution >= 4 is 13.8 Å². The van der Waals surface area contributed by atoms with Crippen LogP contribution in [-0.2, 0) is 23.1 Å². The van der Waals surface area contributed by atoms with E-state index in [4.69, 9.17) is 14.4 Å². The molecule has 0 aromatic carbocycles. The number of rotatable bonds is 20. The Balaban J connectivity index is 4.23. The van der Waals surface area contributed by atoms with E-state index >= 15 is 0 Å². The number of phosphoric ester groups is 1. The molecular formula is C20H41O7P. The molecule has 0 aliphatic carbocycles. The first kappa shape index (κ1) is 27.5. The summed E-state index contributed by atoms with van der Waals surface area (Å²) in [5.74, 6) is -0.290. The first-order chi connectivity index (χ1) is 13.4. The molecule has 2 atom stereocenters. The number of carbonyl (C=O) groups excluding carboxylic acids is 1. The fourth-order valence-corrected chi connectivity index (χ4v) is 3.56. The van der Waals surface area contributed by atoms with Gasteiger partial charge in [-0.15, -0.1) is 0 Å². The number of aliphatic hydroxyl groups is 1. The van der Waals surface area contributed by atoms with Crippen LogP contribution in [0.25, 0.3) is 0 Å². The minimum Gasteiger partial charge on any atom is -0.460 e. The molecule has 2 N–H and O–H groups in total. The number of aliphatic hydroxyl groups excluding tert-OH is 1. The maximum atomic E-state index is 12.1. The average molecular weight is 425 g/mol. The molecule has 28 heavy (non-hydrogen) atoms. The Labute approximate surface area is 170 Å². The van der Waals surface area contributed by atoms with Gasteiger partial charge in [-0.2, -0.15) is 0 Å². The summed E-state index contributed by atoms with van der Waals surface area (Å²) in [5, 5.41) is 8.67. The van der Waals surface area contributed by atoms with Gasteiger partial charge in [0.05, 0.1) is 19.8 Å². The second-order valence-corrected chi connectivity index (χ2v) is 8.61. The van der Waals surface area contributed by atoms with Crippen molar-refractivity contribution in [1.29, 1.82) is 0 Å². The predicted octanol–water partition coefficient (Wildman–Crippen LogP) is 5.14. The van der Waals surface area contributed by atoms with Crippen LogP contribution in [0.1, 0.15) is 97.3 Å². The van der Waals surface area contributed by atoms with Crippen molar-refractivity contribution in [3.8, 4) is 0 Å². The van der Waals surface area contributed by atoms with E-state index in [0.717, 1.165) is 44.9 Å². The van der Waals surface area contributed by atoms with E-state index in [0.29, 0.717) is 12.8 Å². The van der Waals surface area contributed by atoms with Crippen molar-refractivity contribution in [2.24, 2.45) is 0 Å². The molecule has 0 heterocycles. The molecule has 0 bridgehead atoms. The summed E-state index contributed by atoms with van der Waals surface area (Å²) in [6.07, 6.45) is 12.3. The highest BCUT2D eigenvalue weighted by atomic mass is 31.2. The van der Waals surface area contributed by atoms with E-state index in [9.17, 15) is 14.3 Å². The van der Waals surface area contributed by atoms with Gasteiger partial charge in [0, 0.05) is 6.42 Å². The van der Waals surface area contributed by atoms with Crippen LogP contribution < -0.4 is 0 Å². The number of phosphoric acid groups is 1. The molecule has 0 aromatic rings. The SMILES string of the molecule is CCCCCCCCCC(=O)O[C@@H](CCCCCC)COP(=O)(O)OCCO. The van der Waals surface area contributed by atoms with Gasteiger partial charge in [0.1, 0.15) is 6.10 Å². The maximum Gasteiger partial charge on any atom is 0.472 e. The highest BCUT2D eigenvalue weighted by Gasteiger charge is 2.24. The largest absolute Gasteiger partial charge is 0.472 e. The Kier molecular flexibility index (Phi) is 18.3. The lowest BCUT2D eigenvalue weighted by atomic mass is 10.1. The fraction of sp³-hybridized carbons (Fsp3) is 0.950. The van der Waals surface area contributed by atoms with Crippen LogP contribution in [0, 0.1) is 0 Å². The van der Waals surface area contributed by atoms with Crippen LogP contribution in [0.4, 0.5) is 0 Å². The summed E-state index contributed by atoms with van der Waals surface area (Å²) in [6.45, 7) is 3.46. The lowest BCUT2D eigenvalue weighted by Gasteiger charge is -2.19. The van der Waals surface area contributed by atoms with Crippen molar-refractivity contribution < 1.29 is 33.1 Å². The molecule has 8 heteroatoms. The van der Waals surface area contributed by atoms with E-state index in [2.05, 4.69) is 18.4 Å². The number of carbonyl (C=O) groups is 1. The minimum atomic E-state index is -4.24. The zero-order valence-electron chi connectivity index (χ0n) is 17.8. The van der Waals surface area contributed by atoms with Crippen LogP contribution in [0.15, 0.2) is 0 Å². The normalized spacial score (nSPS) is 14.6. The van der Waals surface area contributed by atoms with Gasteiger partial charge in [0.15, 0.2) is 0 Å². The third kappa shape index (κ3) is 17.6. The number of ether oxygens (including phenoxy) is 1. The lowest BCUT2D eigenvalue weighted by Crippen LogP contribution is -2.23. The molecule has 0 aromatic heterocycles. The summed E-state index contributed by atoms with van der Waals surface area (Å²) in [4.78, 5) is 21.7. The van der Waals surface area contributed by atoms with Gasteiger partial charge < -0.3 is 14.7 Å². The van der Waals surface area contributed by atoms with Crippen LogP contribution >= 0.6 is 7.82 Å². The van der Waals surface area contributed by atoms with Crippen molar-refractivity contribution in [1.82, 2.24) is 0 Å². The van der Waals surface area contributed by atoms with Crippen molar-refractivity contribution in [2.45, 2.75) is 103 Å². The Hall–Kier alpha value is -0.460. The summed E-state index contributed by atoms with van der Waals surface area (Å²) in [5.41, 5.74) is 0. The van der Waals surface area contributed by atoms with Gasteiger partial charge in [-0.25, -0.2) is 4.57 Å². The summed E-state index contributed by atoms with van der Waals surface area (Å²) in [7, 11) is -4.24.